The third-order valence-electron chi connectivity index (χ3n) is 3.04. The third kappa shape index (κ3) is 2.92. The van der Waals surface area contributed by atoms with Crippen LogP contribution in [0.15, 0.2) is 59.2 Å². The van der Waals surface area contributed by atoms with E-state index >= 15 is 0 Å². The molecule has 0 spiro atoms. The zero-order valence-corrected chi connectivity index (χ0v) is 12.4. The molecule has 3 aromatic rings. The van der Waals surface area contributed by atoms with Crippen molar-refractivity contribution in [2.24, 2.45) is 0 Å². The van der Waals surface area contributed by atoms with Gasteiger partial charge in [-0.2, -0.15) is 0 Å². The molecule has 0 aliphatic carbocycles. The number of benzene rings is 2. The van der Waals surface area contributed by atoms with Crippen LogP contribution < -0.4 is 5.32 Å². The minimum absolute atomic E-state index is 0.00415. The van der Waals surface area contributed by atoms with Crippen LogP contribution in [0.4, 0.5) is 10.1 Å². The van der Waals surface area contributed by atoms with Crippen LogP contribution in [0.5, 0.6) is 0 Å². The molecule has 0 atom stereocenters. The largest absolute Gasteiger partial charge is 0.322 e. The molecule has 104 valence electrons. The van der Waals surface area contributed by atoms with Crippen LogP contribution >= 0.6 is 15.9 Å². The van der Waals surface area contributed by atoms with Crippen LogP contribution in [0.2, 0.25) is 0 Å². The van der Waals surface area contributed by atoms with Gasteiger partial charge < -0.3 is 5.32 Å². The minimum Gasteiger partial charge on any atom is -0.322 e. The number of rotatable bonds is 2. The van der Waals surface area contributed by atoms with Gasteiger partial charge in [0.05, 0.1) is 11.1 Å². The summed E-state index contributed by atoms with van der Waals surface area (Å²) in [6, 6.07) is 13.4. The predicted octanol–water partition coefficient (Wildman–Crippen LogP) is 4.39. The van der Waals surface area contributed by atoms with Crippen LogP contribution in [-0.2, 0) is 0 Å². The van der Waals surface area contributed by atoms with E-state index < -0.39 is 11.7 Å². The SMILES string of the molecule is O=C(Nc1ccc2ncccc2c1)c1ccc(Br)cc1F. The normalized spacial score (nSPS) is 10.6. The average Bonchev–Trinajstić information content (AvgIpc) is 2.47. The van der Waals surface area contributed by atoms with Gasteiger partial charge in [-0.25, -0.2) is 4.39 Å². The highest BCUT2D eigenvalue weighted by molar-refractivity contribution is 9.10. The molecule has 1 amide bonds. The molecular formula is C16H10BrFN2O. The third-order valence-corrected chi connectivity index (χ3v) is 3.53. The molecule has 0 aliphatic rings. The second-order valence-electron chi connectivity index (χ2n) is 4.49. The lowest BCUT2D eigenvalue weighted by molar-refractivity contribution is 0.102. The highest BCUT2D eigenvalue weighted by atomic mass is 79.9. The zero-order chi connectivity index (χ0) is 14.8. The van der Waals surface area contributed by atoms with Crippen molar-refractivity contribution in [2.75, 3.05) is 5.32 Å². The van der Waals surface area contributed by atoms with Crippen molar-refractivity contribution in [3.8, 4) is 0 Å². The smallest absolute Gasteiger partial charge is 0.258 e. The summed E-state index contributed by atoms with van der Waals surface area (Å²) in [6.45, 7) is 0. The summed E-state index contributed by atoms with van der Waals surface area (Å²) in [7, 11) is 0. The standard InChI is InChI=1S/C16H10BrFN2O/c17-11-3-5-13(14(18)9-11)16(21)20-12-4-6-15-10(8-12)2-1-7-19-15/h1-9H,(H,20,21). The number of carbonyl (C=O) groups excluding carboxylic acids is 1. The van der Waals surface area contributed by atoms with Crippen molar-refractivity contribution in [3.63, 3.8) is 0 Å². The van der Waals surface area contributed by atoms with Crippen LogP contribution in [0.25, 0.3) is 10.9 Å². The van der Waals surface area contributed by atoms with E-state index in [9.17, 15) is 9.18 Å². The lowest BCUT2D eigenvalue weighted by Crippen LogP contribution is -2.13. The lowest BCUT2D eigenvalue weighted by Gasteiger charge is -2.07. The summed E-state index contributed by atoms with van der Waals surface area (Å²) >= 11 is 3.16. The molecule has 3 nitrogen and oxygen atoms in total. The van der Waals surface area contributed by atoms with Gasteiger partial charge in [-0.1, -0.05) is 22.0 Å². The number of carbonyl (C=O) groups is 1. The summed E-state index contributed by atoms with van der Waals surface area (Å²) < 4.78 is 14.3. The van der Waals surface area contributed by atoms with Gasteiger partial charge in [0.15, 0.2) is 0 Å². The highest BCUT2D eigenvalue weighted by Crippen LogP contribution is 2.19. The van der Waals surface area contributed by atoms with Gasteiger partial charge in [-0.15, -0.1) is 0 Å². The number of anilines is 1. The number of aromatic nitrogens is 1. The van der Waals surface area contributed by atoms with E-state index in [1.807, 2.05) is 18.2 Å². The molecule has 0 fully saturated rings. The van der Waals surface area contributed by atoms with Gasteiger partial charge in [0, 0.05) is 21.7 Å². The Morgan fingerprint density at radius 1 is 1.14 bits per heavy atom. The summed E-state index contributed by atoms with van der Waals surface area (Å²) in [5.41, 5.74) is 1.44. The summed E-state index contributed by atoms with van der Waals surface area (Å²) in [5.74, 6) is -1.05. The first-order valence-electron chi connectivity index (χ1n) is 6.25. The number of amides is 1. The molecule has 3 rings (SSSR count). The van der Waals surface area contributed by atoms with E-state index in [1.165, 1.54) is 12.1 Å². The van der Waals surface area contributed by atoms with Gasteiger partial charge in [0.25, 0.3) is 5.91 Å². The first-order chi connectivity index (χ1) is 10.1. The maximum Gasteiger partial charge on any atom is 0.258 e. The quantitative estimate of drug-likeness (QED) is 0.749. The number of nitrogens with one attached hydrogen (secondary N) is 1. The van der Waals surface area contributed by atoms with E-state index in [1.54, 1.807) is 24.4 Å². The Morgan fingerprint density at radius 2 is 2.00 bits per heavy atom. The topological polar surface area (TPSA) is 42.0 Å². The molecular weight excluding hydrogens is 335 g/mol. The maximum atomic E-state index is 13.8. The number of pyridine rings is 1. The van der Waals surface area contributed by atoms with Gasteiger partial charge in [-0.3, -0.25) is 9.78 Å². The van der Waals surface area contributed by atoms with Crippen molar-refractivity contribution in [1.82, 2.24) is 4.98 Å². The van der Waals surface area contributed by atoms with Gasteiger partial charge in [0.2, 0.25) is 0 Å². The van der Waals surface area contributed by atoms with Crippen molar-refractivity contribution in [1.29, 1.82) is 0 Å². The fraction of sp³-hybridized carbons (Fsp3) is 0. The molecule has 1 heterocycles. The first kappa shape index (κ1) is 13.7. The molecule has 2 aromatic carbocycles. The number of hydrogen-bond acceptors (Lipinski definition) is 2. The van der Waals surface area contributed by atoms with E-state index in [-0.39, 0.29) is 5.56 Å². The fourth-order valence-corrected chi connectivity index (χ4v) is 2.36. The summed E-state index contributed by atoms with van der Waals surface area (Å²) in [6.07, 6.45) is 1.71. The van der Waals surface area contributed by atoms with Crippen LogP contribution in [0.3, 0.4) is 0 Å². The predicted molar refractivity (Wildman–Crippen MR) is 83.8 cm³/mol. The van der Waals surface area contributed by atoms with Gasteiger partial charge in [0.1, 0.15) is 5.82 Å². The van der Waals surface area contributed by atoms with Gasteiger partial charge >= 0.3 is 0 Å². The van der Waals surface area contributed by atoms with E-state index in [2.05, 4.69) is 26.2 Å². The summed E-state index contributed by atoms with van der Waals surface area (Å²) in [4.78, 5) is 16.3. The van der Waals surface area contributed by atoms with E-state index in [0.717, 1.165) is 10.9 Å². The zero-order valence-electron chi connectivity index (χ0n) is 10.8. The molecule has 0 saturated heterocycles. The average molecular weight is 345 g/mol. The molecule has 5 heteroatoms. The van der Waals surface area contributed by atoms with Gasteiger partial charge in [-0.05, 0) is 42.5 Å². The van der Waals surface area contributed by atoms with E-state index in [0.29, 0.717) is 10.2 Å². The second-order valence-corrected chi connectivity index (χ2v) is 5.40. The molecule has 1 aromatic heterocycles. The number of halogens is 2. The number of nitrogens with zero attached hydrogens (tertiary/aromatic N) is 1. The van der Waals surface area contributed by atoms with Crippen LogP contribution in [-0.4, -0.2) is 10.9 Å². The molecule has 0 radical (unpaired) electrons. The Labute approximate surface area is 128 Å². The van der Waals surface area contributed by atoms with Crippen molar-refractivity contribution >= 4 is 38.4 Å². The maximum absolute atomic E-state index is 13.8. The molecule has 0 saturated carbocycles. The van der Waals surface area contributed by atoms with E-state index in [4.69, 9.17) is 0 Å². The van der Waals surface area contributed by atoms with Crippen LogP contribution in [0.1, 0.15) is 10.4 Å². The molecule has 1 N–H and O–H groups in total. The van der Waals surface area contributed by atoms with Crippen molar-refractivity contribution < 1.29 is 9.18 Å². The highest BCUT2D eigenvalue weighted by Gasteiger charge is 2.12. The Hall–Kier alpha value is -2.27. The Morgan fingerprint density at radius 3 is 2.81 bits per heavy atom. The Kier molecular flexibility index (Phi) is 3.66. The summed E-state index contributed by atoms with van der Waals surface area (Å²) in [5, 5.41) is 3.60. The second kappa shape index (κ2) is 5.61. The fourth-order valence-electron chi connectivity index (χ4n) is 2.03. The minimum atomic E-state index is -0.565. The molecule has 21 heavy (non-hydrogen) atoms. The monoisotopic (exact) mass is 344 g/mol. The number of hydrogen-bond donors (Lipinski definition) is 1. The lowest BCUT2D eigenvalue weighted by atomic mass is 10.1. The molecule has 0 unspecified atom stereocenters. The van der Waals surface area contributed by atoms with Crippen molar-refractivity contribution in [2.45, 2.75) is 0 Å². The Balaban J connectivity index is 1.89. The first-order valence-corrected chi connectivity index (χ1v) is 7.04. The molecule has 0 aliphatic heterocycles. The number of fused-ring (bicyclic) bond motifs is 1. The molecule has 0 bridgehead atoms. The Bertz CT molecular complexity index is 835. The van der Waals surface area contributed by atoms with Crippen LogP contribution in [0, 0.1) is 5.82 Å². The van der Waals surface area contributed by atoms with Crippen molar-refractivity contribution in [3.05, 3.63) is 70.6 Å².